The summed E-state index contributed by atoms with van der Waals surface area (Å²) in [5.74, 6) is 1.65. The van der Waals surface area contributed by atoms with E-state index < -0.39 is 5.41 Å². The number of nitrogens with zero attached hydrogens (tertiary/aromatic N) is 1. The van der Waals surface area contributed by atoms with Crippen molar-refractivity contribution in [1.82, 2.24) is 0 Å². The number of rotatable bonds is 4. The SMILES string of the molecule is c1ccc(C(=NNc2cccc3c2Oc2ccccc2C32c3ccccc3-c3ccccc32)c2ccccc2)cc1. The molecule has 1 heterocycles. The molecule has 1 aliphatic carbocycles. The Balaban J connectivity index is 1.35. The van der Waals surface area contributed by atoms with Gasteiger partial charge in [0.1, 0.15) is 5.75 Å². The monoisotopic (exact) mass is 526 g/mol. The fourth-order valence-electron chi connectivity index (χ4n) is 6.57. The molecule has 1 aliphatic heterocycles. The zero-order chi connectivity index (χ0) is 27.2. The smallest absolute Gasteiger partial charge is 0.157 e. The van der Waals surface area contributed by atoms with Gasteiger partial charge in [0.15, 0.2) is 5.75 Å². The Morgan fingerprint density at radius 1 is 0.488 bits per heavy atom. The van der Waals surface area contributed by atoms with Crippen molar-refractivity contribution in [2.75, 3.05) is 5.43 Å². The second-order valence-corrected chi connectivity index (χ2v) is 10.4. The second kappa shape index (κ2) is 9.35. The quantitative estimate of drug-likeness (QED) is 0.183. The number of fused-ring (bicyclic) bond motifs is 9. The Bertz CT molecular complexity index is 1860. The molecule has 6 aromatic rings. The lowest BCUT2D eigenvalue weighted by Gasteiger charge is -2.39. The standard InChI is InChI=1S/C38H26N2O/c1-3-14-26(15-4-1)36(27-16-5-2-6-17-27)40-39-34-24-13-23-33-37(34)41-35-25-12-11-22-32(35)38(33)30-20-9-7-18-28(30)29-19-8-10-21-31(29)38/h1-25,39H. The fourth-order valence-corrected chi connectivity index (χ4v) is 6.57. The van der Waals surface area contributed by atoms with Crippen LogP contribution in [0.3, 0.4) is 0 Å². The summed E-state index contributed by atoms with van der Waals surface area (Å²) >= 11 is 0. The lowest BCUT2D eigenvalue weighted by Crippen LogP contribution is -2.32. The van der Waals surface area contributed by atoms with Gasteiger partial charge < -0.3 is 4.74 Å². The highest BCUT2D eigenvalue weighted by molar-refractivity contribution is 6.13. The molecule has 3 heteroatoms. The third-order valence-electron chi connectivity index (χ3n) is 8.26. The molecular formula is C38H26N2O. The number of hydrogen-bond acceptors (Lipinski definition) is 3. The maximum Gasteiger partial charge on any atom is 0.157 e. The van der Waals surface area contributed by atoms with Crippen molar-refractivity contribution in [3.8, 4) is 22.6 Å². The first-order valence-electron chi connectivity index (χ1n) is 13.9. The molecule has 0 unspecified atom stereocenters. The molecule has 0 saturated carbocycles. The van der Waals surface area contributed by atoms with Crippen molar-refractivity contribution in [3.63, 3.8) is 0 Å². The molecule has 1 spiro atoms. The molecular weight excluding hydrogens is 500 g/mol. The van der Waals surface area contributed by atoms with Crippen LogP contribution in [0.1, 0.15) is 33.4 Å². The average molecular weight is 527 g/mol. The number of nitrogens with one attached hydrogen (secondary N) is 1. The summed E-state index contributed by atoms with van der Waals surface area (Å²) in [6, 6.07) is 52.9. The van der Waals surface area contributed by atoms with E-state index >= 15 is 0 Å². The van der Waals surface area contributed by atoms with Crippen molar-refractivity contribution in [2.24, 2.45) is 5.10 Å². The molecule has 3 nitrogen and oxygen atoms in total. The number of ether oxygens (including phenoxy) is 1. The van der Waals surface area contributed by atoms with Crippen molar-refractivity contribution >= 4 is 11.4 Å². The van der Waals surface area contributed by atoms with Gasteiger partial charge in [-0.25, -0.2) is 0 Å². The Hall–Kier alpha value is -5.41. The first-order chi connectivity index (χ1) is 20.4. The van der Waals surface area contributed by atoms with Crippen LogP contribution in [-0.4, -0.2) is 5.71 Å². The predicted molar refractivity (Wildman–Crippen MR) is 166 cm³/mol. The minimum atomic E-state index is -0.500. The van der Waals surface area contributed by atoms with Gasteiger partial charge in [0, 0.05) is 22.3 Å². The highest BCUT2D eigenvalue weighted by Crippen LogP contribution is 2.62. The van der Waals surface area contributed by atoms with Crippen LogP contribution in [-0.2, 0) is 5.41 Å². The van der Waals surface area contributed by atoms with E-state index in [0.717, 1.165) is 45.2 Å². The van der Waals surface area contributed by atoms with Crippen LogP contribution in [0.2, 0.25) is 0 Å². The molecule has 8 rings (SSSR count). The van der Waals surface area contributed by atoms with Gasteiger partial charge in [-0.2, -0.15) is 5.10 Å². The molecule has 0 fully saturated rings. The van der Waals surface area contributed by atoms with Crippen LogP contribution in [0.25, 0.3) is 11.1 Å². The fraction of sp³-hybridized carbons (Fsp3) is 0.0263. The highest BCUT2D eigenvalue weighted by atomic mass is 16.5. The van der Waals surface area contributed by atoms with Crippen molar-refractivity contribution in [1.29, 1.82) is 0 Å². The van der Waals surface area contributed by atoms with Crippen molar-refractivity contribution < 1.29 is 4.74 Å². The average Bonchev–Trinajstić information content (AvgIpc) is 3.34. The van der Waals surface area contributed by atoms with Gasteiger partial charge in [-0.15, -0.1) is 0 Å². The number of hydrogen-bond donors (Lipinski definition) is 1. The molecule has 0 aromatic heterocycles. The van der Waals surface area contributed by atoms with Gasteiger partial charge in [-0.3, -0.25) is 5.43 Å². The summed E-state index contributed by atoms with van der Waals surface area (Å²) in [6.07, 6.45) is 0. The third-order valence-corrected chi connectivity index (χ3v) is 8.26. The first kappa shape index (κ1) is 23.5. The van der Waals surface area contributed by atoms with Gasteiger partial charge in [0.2, 0.25) is 0 Å². The van der Waals surface area contributed by atoms with E-state index in [-0.39, 0.29) is 0 Å². The van der Waals surface area contributed by atoms with Crippen molar-refractivity contribution in [3.05, 3.63) is 185 Å². The van der Waals surface area contributed by atoms with Gasteiger partial charge in [0.25, 0.3) is 0 Å². The first-order valence-corrected chi connectivity index (χ1v) is 13.9. The number of benzene rings is 6. The minimum absolute atomic E-state index is 0.500. The van der Waals surface area contributed by atoms with E-state index in [1.165, 1.54) is 22.3 Å². The van der Waals surface area contributed by atoms with E-state index in [4.69, 9.17) is 9.84 Å². The summed E-state index contributed by atoms with van der Waals surface area (Å²) in [6.45, 7) is 0. The molecule has 0 radical (unpaired) electrons. The minimum Gasteiger partial charge on any atom is -0.454 e. The van der Waals surface area contributed by atoms with Crippen LogP contribution in [0, 0.1) is 0 Å². The Morgan fingerprint density at radius 2 is 1.00 bits per heavy atom. The molecule has 194 valence electrons. The molecule has 2 aliphatic rings. The zero-order valence-corrected chi connectivity index (χ0v) is 22.3. The molecule has 0 amide bonds. The molecule has 6 aromatic carbocycles. The normalized spacial score (nSPS) is 13.3. The lowest BCUT2D eigenvalue weighted by atomic mass is 9.66. The molecule has 0 atom stereocenters. The summed E-state index contributed by atoms with van der Waals surface area (Å²) in [5.41, 5.74) is 14.0. The molecule has 41 heavy (non-hydrogen) atoms. The number of para-hydroxylation sites is 2. The van der Waals surface area contributed by atoms with Gasteiger partial charge in [-0.05, 0) is 34.4 Å². The van der Waals surface area contributed by atoms with Gasteiger partial charge in [-0.1, -0.05) is 140 Å². The van der Waals surface area contributed by atoms with E-state index in [0.29, 0.717) is 0 Å². The second-order valence-electron chi connectivity index (χ2n) is 10.4. The van der Waals surface area contributed by atoms with Crippen LogP contribution < -0.4 is 10.2 Å². The summed E-state index contributed by atoms with van der Waals surface area (Å²) < 4.78 is 6.74. The van der Waals surface area contributed by atoms with Crippen LogP contribution in [0.15, 0.2) is 157 Å². The Kier molecular flexibility index (Phi) is 5.36. The third kappa shape index (κ3) is 3.49. The largest absolute Gasteiger partial charge is 0.454 e. The molecule has 0 bridgehead atoms. The summed E-state index contributed by atoms with van der Waals surface area (Å²) in [5, 5.41) is 4.99. The number of anilines is 1. The van der Waals surface area contributed by atoms with Gasteiger partial charge in [0.05, 0.1) is 16.8 Å². The van der Waals surface area contributed by atoms with Gasteiger partial charge >= 0.3 is 0 Å². The predicted octanol–water partition coefficient (Wildman–Crippen LogP) is 9.02. The molecule has 1 N–H and O–H groups in total. The van der Waals surface area contributed by atoms with Crippen LogP contribution in [0.5, 0.6) is 11.5 Å². The summed E-state index contributed by atoms with van der Waals surface area (Å²) in [4.78, 5) is 0. The highest BCUT2D eigenvalue weighted by Gasteiger charge is 2.51. The zero-order valence-electron chi connectivity index (χ0n) is 22.3. The molecule has 0 saturated heterocycles. The van der Waals surface area contributed by atoms with E-state index in [2.05, 4.69) is 109 Å². The Morgan fingerprint density at radius 3 is 1.63 bits per heavy atom. The van der Waals surface area contributed by atoms with E-state index in [1.807, 2.05) is 48.5 Å². The maximum atomic E-state index is 6.74. The summed E-state index contributed by atoms with van der Waals surface area (Å²) in [7, 11) is 0. The van der Waals surface area contributed by atoms with E-state index in [1.54, 1.807) is 0 Å². The van der Waals surface area contributed by atoms with Crippen molar-refractivity contribution in [2.45, 2.75) is 5.41 Å². The lowest BCUT2D eigenvalue weighted by molar-refractivity contribution is 0.438. The van der Waals surface area contributed by atoms with Crippen LogP contribution >= 0.6 is 0 Å². The Labute approximate surface area is 239 Å². The van der Waals surface area contributed by atoms with E-state index in [9.17, 15) is 0 Å². The topological polar surface area (TPSA) is 33.6 Å². The van der Waals surface area contributed by atoms with Crippen LogP contribution in [0.4, 0.5) is 5.69 Å². The maximum absolute atomic E-state index is 6.74. The number of hydrazone groups is 1.